The number of nitro benzene ring substituents is 1. The summed E-state index contributed by atoms with van der Waals surface area (Å²) in [6.45, 7) is 0.160. The summed E-state index contributed by atoms with van der Waals surface area (Å²) in [5.41, 5.74) is 0.797. The maximum absolute atomic E-state index is 12.5. The van der Waals surface area contributed by atoms with Crippen molar-refractivity contribution in [3.63, 3.8) is 0 Å². The van der Waals surface area contributed by atoms with Gasteiger partial charge in [0.1, 0.15) is 18.3 Å². The van der Waals surface area contributed by atoms with Gasteiger partial charge in [0, 0.05) is 25.1 Å². The smallest absolute Gasteiger partial charge is 0.269 e. The molecule has 2 aromatic carbocycles. The monoisotopic (exact) mass is 464 g/mol. The van der Waals surface area contributed by atoms with E-state index >= 15 is 0 Å². The van der Waals surface area contributed by atoms with Crippen molar-refractivity contribution in [2.75, 3.05) is 13.2 Å². The molecule has 2 aliphatic heterocycles. The van der Waals surface area contributed by atoms with E-state index in [0.717, 1.165) is 17.7 Å². The molecule has 2 aliphatic rings. The molecule has 2 N–H and O–H groups in total. The van der Waals surface area contributed by atoms with E-state index < -0.39 is 39.4 Å². The summed E-state index contributed by atoms with van der Waals surface area (Å²) in [6.07, 6.45) is -1.67. The van der Waals surface area contributed by atoms with Crippen LogP contribution < -0.4 is 4.72 Å². The number of hydrogen-bond donors (Lipinski definition) is 2. The molecular formula is C21H24N2O8S. The van der Waals surface area contributed by atoms with Crippen molar-refractivity contribution >= 4 is 15.7 Å². The first-order chi connectivity index (χ1) is 15.4. The van der Waals surface area contributed by atoms with Crippen molar-refractivity contribution < 1.29 is 32.7 Å². The highest BCUT2D eigenvalue weighted by atomic mass is 32.2. The number of hydrogen-bond acceptors (Lipinski definition) is 8. The SMILES string of the molecule is O=[N+]([O-])c1ccc(S(=O)(=O)NC[C@@H]2C[C@@H]3O[C@H](CO)[C@@H](OCc4ccccc4)[C@@H]3O2)cc1. The molecular weight excluding hydrogens is 440 g/mol. The van der Waals surface area contributed by atoms with E-state index in [9.17, 15) is 23.6 Å². The zero-order valence-electron chi connectivity index (χ0n) is 17.1. The minimum atomic E-state index is -3.85. The minimum Gasteiger partial charge on any atom is -0.394 e. The van der Waals surface area contributed by atoms with Crippen molar-refractivity contribution in [2.24, 2.45) is 0 Å². The molecule has 0 radical (unpaired) electrons. The van der Waals surface area contributed by atoms with Crippen LogP contribution in [-0.4, -0.2) is 62.1 Å². The Bertz CT molecular complexity index is 1030. The van der Waals surface area contributed by atoms with Crippen LogP contribution in [0, 0.1) is 10.1 Å². The van der Waals surface area contributed by atoms with Gasteiger partial charge in [0.2, 0.25) is 10.0 Å². The molecule has 2 fully saturated rings. The number of fused-ring (bicyclic) bond motifs is 1. The maximum Gasteiger partial charge on any atom is 0.269 e. The molecule has 0 spiro atoms. The molecule has 4 rings (SSSR count). The van der Waals surface area contributed by atoms with Crippen molar-refractivity contribution in [3.05, 3.63) is 70.3 Å². The number of nitrogens with one attached hydrogen (secondary N) is 1. The Morgan fingerprint density at radius 1 is 1.12 bits per heavy atom. The van der Waals surface area contributed by atoms with Crippen LogP contribution in [0.1, 0.15) is 12.0 Å². The predicted molar refractivity (Wildman–Crippen MR) is 112 cm³/mol. The molecule has 0 aromatic heterocycles. The lowest BCUT2D eigenvalue weighted by Gasteiger charge is -2.23. The van der Waals surface area contributed by atoms with Crippen molar-refractivity contribution in [1.29, 1.82) is 0 Å². The summed E-state index contributed by atoms with van der Waals surface area (Å²) in [7, 11) is -3.85. The fourth-order valence-corrected chi connectivity index (χ4v) is 5.04. The third kappa shape index (κ3) is 4.98. The van der Waals surface area contributed by atoms with Gasteiger partial charge in [-0.2, -0.15) is 0 Å². The Morgan fingerprint density at radius 2 is 1.84 bits per heavy atom. The predicted octanol–water partition coefficient (Wildman–Crippen LogP) is 1.38. The number of ether oxygens (including phenoxy) is 3. The van der Waals surface area contributed by atoms with E-state index in [-0.39, 0.29) is 29.8 Å². The van der Waals surface area contributed by atoms with Crippen LogP contribution >= 0.6 is 0 Å². The van der Waals surface area contributed by atoms with Crippen molar-refractivity contribution in [2.45, 2.75) is 48.4 Å². The summed E-state index contributed by atoms with van der Waals surface area (Å²) < 4.78 is 45.4. The van der Waals surface area contributed by atoms with Gasteiger partial charge in [-0.1, -0.05) is 30.3 Å². The minimum absolute atomic E-state index is 0.0187. The summed E-state index contributed by atoms with van der Waals surface area (Å²) >= 11 is 0. The number of sulfonamides is 1. The molecule has 0 amide bonds. The lowest BCUT2D eigenvalue weighted by atomic mass is 10.1. The fraction of sp³-hybridized carbons (Fsp3) is 0.429. The van der Waals surface area contributed by atoms with Gasteiger partial charge in [-0.25, -0.2) is 13.1 Å². The highest BCUT2D eigenvalue weighted by Crippen LogP contribution is 2.36. The van der Waals surface area contributed by atoms with Gasteiger partial charge in [-0.05, 0) is 17.7 Å². The number of benzene rings is 2. The highest BCUT2D eigenvalue weighted by Gasteiger charge is 2.51. The molecule has 32 heavy (non-hydrogen) atoms. The molecule has 11 heteroatoms. The Hall–Kier alpha value is -2.41. The normalized spacial score (nSPS) is 27.3. The zero-order chi connectivity index (χ0) is 22.7. The van der Waals surface area contributed by atoms with E-state index in [0.29, 0.717) is 13.0 Å². The Balaban J connectivity index is 1.34. The number of aliphatic hydroxyl groups is 1. The van der Waals surface area contributed by atoms with E-state index in [1.807, 2.05) is 30.3 Å². The Kier molecular flexibility index (Phi) is 6.84. The molecule has 10 nitrogen and oxygen atoms in total. The summed E-state index contributed by atoms with van der Waals surface area (Å²) in [5, 5.41) is 20.4. The van der Waals surface area contributed by atoms with Gasteiger partial charge in [0.05, 0.1) is 35.2 Å². The highest BCUT2D eigenvalue weighted by molar-refractivity contribution is 7.89. The van der Waals surface area contributed by atoms with Crippen molar-refractivity contribution in [3.8, 4) is 0 Å². The lowest BCUT2D eigenvalue weighted by Crippen LogP contribution is -2.38. The van der Waals surface area contributed by atoms with Crippen LogP contribution in [0.4, 0.5) is 5.69 Å². The van der Waals surface area contributed by atoms with E-state index in [2.05, 4.69) is 4.72 Å². The number of nitro groups is 1. The van der Waals surface area contributed by atoms with E-state index in [1.54, 1.807) is 0 Å². The standard InChI is InChI=1S/C21H24N2O8S/c24-12-19-20(29-13-14-4-2-1-3-5-14)21-18(31-19)10-16(30-21)11-22-32(27,28)17-8-6-15(7-9-17)23(25)26/h1-9,16,18-22,24H,10-13H2/t16-,18-,19+,20+,21+/m0/s1. The summed E-state index contributed by atoms with van der Waals surface area (Å²) in [5.74, 6) is 0. The average molecular weight is 464 g/mol. The topological polar surface area (TPSA) is 137 Å². The quantitative estimate of drug-likeness (QED) is 0.419. The molecule has 2 heterocycles. The molecule has 5 atom stereocenters. The first-order valence-corrected chi connectivity index (χ1v) is 11.7. The molecule has 2 saturated heterocycles. The van der Waals surface area contributed by atoms with Crippen LogP contribution in [0.5, 0.6) is 0 Å². The van der Waals surface area contributed by atoms with Gasteiger partial charge >= 0.3 is 0 Å². The van der Waals surface area contributed by atoms with E-state index in [1.165, 1.54) is 12.1 Å². The average Bonchev–Trinajstić information content (AvgIpc) is 3.34. The summed E-state index contributed by atoms with van der Waals surface area (Å²) in [6, 6.07) is 14.3. The number of aliphatic hydroxyl groups excluding tert-OH is 1. The molecule has 172 valence electrons. The first-order valence-electron chi connectivity index (χ1n) is 10.2. The fourth-order valence-electron chi connectivity index (χ4n) is 3.97. The van der Waals surface area contributed by atoms with Gasteiger partial charge in [0.15, 0.2) is 0 Å². The zero-order valence-corrected chi connectivity index (χ0v) is 17.9. The molecule has 0 unspecified atom stereocenters. The molecule has 0 aliphatic carbocycles. The molecule has 0 bridgehead atoms. The first kappa shape index (κ1) is 22.8. The van der Waals surface area contributed by atoms with E-state index in [4.69, 9.17) is 14.2 Å². The number of nitrogens with zero attached hydrogens (tertiary/aromatic N) is 1. The third-order valence-corrected chi connectivity index (χ3v) is 7.01. The summed E-state index contributed by atoms with van der Waals surface area (Å²) in [4.78, 5) is 10.1. The Morgan fingerprint density at radius 3 is 2.50 bits per heavy atom. The number of rotatable bonds is 9. The van der Waals surface area contributed by atoms with Crippen LogP contribution in [0.25, 0.3) is 0 Å². The van der Waals surface area contributed by atoms with Crippen LogP contribution in [0.3, 0.4) is 0 Å². The maximum atomic E-state index is 12.5. The van der Waals surface area contributed by atoms with Gasteiger partial charge in [-0.3, -0.25) is 10.1 Å². The third-order valence-electron chi connectivity index (χ3n) is 5.58. The van der Waals surface area contributed by atoms with Gasteiger partial charge in [-0.15, -0.1) is 0 Å². The lowest BCUT2D eigenvalue weighted by molar-refractivity contribution is -0.384. The van der Waals surface area contributed by atoms with Crippen LogP contribution in [-0.2, 0) is 30.8 Å². The van der Waals surface area contributed by atoms with Gasteiger partial charge < -0.3 is 19.3 Å². The van der Waals surface area contributed by atoms with Crippen LogP contribution in [0.15, 0.2) is 59.5 Å². The van der Waals surface area contributed by atoms with Gasteiger partial charge in [0.25, 0.3) is 5.69 Å². The largest absolute Gasteiger partial charge is 0.394 e. The number of non-ortho nitro benzene ring substituents is 1. The van der Waals surface area contributed by atoms with Crippen LogP contribution in [0.2, 0.25) is 0 Å². The second-order valence-corrected chi connectivity index (χ2v) is 9.49. The Labute approximate surface area is 185 Å². The molecule has 0 saturated carbocycles. The van der Waals surface area contributed by atoms with Crippen molar-refractivity contribution in [1.82, 2.24) is 4.72 Å². The second-order valence-electron chi connectivity index (χ2n) is 7.72. The second kappa shape index (κ2) is 9.61. The molecule has 2 aromatic rings.